The monoisotopic (exact) mass is 273 g/mol. The molecule has 1 saturated heterocycles. The van der Waals surface area contributed by atoms with E-state index >= 15 is 0 Å². The number of hydrogen-bond acceptors (Lipinski definition) is 5. The number of likely N-dealkylation sites (tertiary alicyclic amines) is 1. The first kappa shape index (κ1) is 12.7. The summed E-state index contributed by atoms with van der Waals surface area (Å²) < 4.78 is 0. The predicted octanol–water partition coefficient (Wildman–Crippen LogP) is 0.464. The van der Waals surface area contributed by atoms with Crippen LogP contribution in [0.2, 0.25) is 0 Å². The van der Waals surface area contributed by atoms with Crippen molar-refractivity contribution in [2.24, 2.45) is 0 Å². The molecule has 2 heterocycles. The van der Waals surface area contributed by atoms with Gasteiger partial charge in [-0.3, -0.25) is 4.79 Å². The maximum Gasteiger partial charge on any atom is 0.253 e. The molecule has 0 radical (unpaired) electrons. The van der Waals surface area contributed by atoms with Gasteiger partial charge in [-0.15, -0.1) is 10.2 Å². The van der Waals surface area contributed by atoms with Gasteiger partial charge < -0.3 is 10.0 Å². The summed E-state index contributed by atoms with van der Waals surface area (Å²) in [4.78, 5) is 14.0. The minimum atomic E-state index is -0.411. The van der Waals surface area contributed by atoms with Crippen LogP contribution in [0.5, 0.6) is 0 Å². The van der Waals surface area contributed by atoms with Crippen molar-refractivity contribution >= 4 is 5.91 Å². The first-order chi connectivity index (χ1) is 9.74. The number of benzene rings is 1. The van der Waals surface area contributed by atoms with Gasteiger partial charge in [-0.1, -0.05) is 12.1 Å². The molecule has 1 aromatic carbocycles. The molecular weight excluding hydrogens is 258 g/mol. The van der Waals surface area contributed by atoms with E-state index < -0.39 is 6.10 Å². The maximum absolute atomic E-state index is 12.3. The average Bonchev–Trinajstić information content (AvgIpc) is 3.01. The molecule has 0 spiro atoms. The van der Waals surface area contributed by atoms with Gasteiger partial charge in [0.2, 0.25) is 5.82 Å². The lowest BCUT2D eigenvalue weighted by molar-refractivity contribution is 0.0474. The number of carbonyl (C=O) groups is 1. The van der Waals surface area contributed by atoms with Crippen LogP contribution < -0.4 is 0 Å². The summed E-state index contributed by atoms with van der Waals surface area (Å²) in [5, 5.41) is 23.3. The van der Waals surface area contributed by atoms with Gasteiger partial charge in [0.25, 0.3) is 5.91 Å². The SMILES string of the molecule is O=C(c1ccc(-c2nn[nH]n2)cc1)N1CCC[C@H](O)C1. The first-order valence-corrected chi connectivity index (χ1v) is 6.55. The lowest BCUT2D eigenvalue weighted by Crippen LogP contribution is -2.42. The van der Waals surface area contributed by atoms with Crippen LogP contribution in [0.3, 0.4) is 0 Å². The first-order valence-electron chi connectivity index (χ1n) is 6.55. The molecule has 7 heteroatoms. The number of β-amino-alcohol motifs (C(OH)–C–C–N with tert-alkyl or cyclic N) is 1. The van der Waals surface area contributed by atoms with E-state index in [1.54, 1.807) is 29.2 Å². The van der Waals surface area contributed by atoms with Crippen LogP contribution in [0.4, 0.5) is 0 Å². The third-order valence-corrected chi connectivity index (χ3v) is 3.42. The van der Waals surface area contributed by atoms with E-state index in [0.717, 1.165) is 18.4 Å². The van der Waals surface area contributed by atoms with Crippen molar-refractivity contribution in [2.45, 2.75) is 18.9 Å². The molecule has 7 nitrogen and oxygen atoms in total. The highest BCUT2D eigenvalue weighted by atomic mass is 16.3. The molecule has 1 atom stereocenters. The fourth-order valence-corrected chi connectivity index (χ4v) is 2.37. The molecule has 1 aliphatic heterocycles. The Morgan fingerprint density at radius 3 is 2.80 bits per heavy atom. The summed E-state index contributed by atoms with van der Waals surface area (Å²) in [7, 11) is 0. The van der Waals surface area contributed by atoms with Crippen LogP contribution in [0.15, 0.2) is 24.3 Å². The van der Waals surface area contributed by atoms with Gasteiger partial charge in [0.1, 0.15) is 0 Å². The Kier molecular flexibility index (Phi) is 3.42. The topological polar surface area (TPSA) is 95.0 Å². The number of aromatic nitrogens is 4. The molecule has 2 N–H and O–H groups in total. The number of aromatic amines is 1. The Morgan fingerprint density at radius 2 is 2.15 bits per heavy atom. The van der Waals surface area contributed by atoms with E-state index in [1.807, 2.05) is 0 Å². The number of nitrogens with one attached hydrogen (secondary N) is 1. The molecule has 0 bridgehead atoms. The second-order valence-electron chi connectivity index (χ2n) is 4.86. The number of amides is 1. The highest BCUT2D eigenvalue weighted by molar-refractivity contribution is 5.94. The number of piperidine rings is 1. The third kappa shape index (κ3) is 2.53. The van der Waals surface area contributed by atoms with Gasteiger partial charge >= 0.3 is 0 Å². The van der Waals surface area contributed by atoms with Gasteiger partial charge in [0.15, 0.2) is 0 Å². The van der Waals surface area contributed by atoms with E-state index in [-0.39, 0.29) is 5.91 Å². The molecule has 20 heavy (non-hydrogen) atoms. The molecule has 1 amide bonds. The van der Waals surface area contributed by atoms with Crippen molar-refractivity contribution in [1.29, 1.82) is 0 Å². The highest BCUT2D eigenvalue weighted by Crippen LogP contribution is 2.17. The molecule has 0 aliphatic carbocycles. The average molecular weight is 273 g/mol. The second-order valence-corrected chi connectivity index (χ2v) is 4.86. The Labute approximate surface area is 115 Å². The van der Waals surface area contributed by atoms with Gasteiger partial charge in [0, 0.05) is 24.2 Å². The zero-order valence-electron chi connectivity index (χ0n) is 10.9. The quantitative estimate of drug-likeness (QED) is 0.829. The molecule has 1 aromatic heterocycles. The lowest BCUT2D eigenvalue weighted by atomic mass is 10.1. The van der Waals surface area contributed by atoms with Crippen LogP contribution in [-0.4, -0.2) is 55.7 Å². The predicted molar refractivity (Wildman–Crippen MR) is 70.8 cm³/mol. The van der Waals surface area contributed by atoms with Gasteiger partial charge in [-0.2, -0.15) is 5.21 Å². The summed E-state index contributed by atoms with van der Waals surface area (Å²) in [6.45, 7) is 1.11. The number of aliphatic hydroxyl groups is 1. The molecule has 0 unspecified atom stereocenters. The van der Waals surface area contributed by atoms with Crippen LogP contribution in [-0.2, 0) is 0 Å². The standard InChI is InChI=1S/C13H15N5O2/c19-11-2-1-7-18(8-11)13(20)10-5-3-9(4-6-10)12-14-16-17-15-12/h3-6,11,19H,1-2,7-8H2,(H,14,15,16,17)/t11-/m0/s1. The summed E-state index contributed by atoms with van der Waals surface area (Å²) in [5.41, 5.74) is 1.40. The van der Waals surface area contributed by atoms with Crippen molar-refractivity contribution in [3.05, 3.63) is 29.8 Å². The minimum absolute atomic E-state index is 0.0524. The number of nitrogens with zero attached hydrogens (tertiary/aromatic N) is 4. The molecule has 0 saturated carbocycles. The van der Waals surface area contributed by atoms with Gasteiger partial charge in [0.05, 0.1) is 6.10 Å². The van der Waals surface area contributed by atoms with Crippen LogP contribution in [0.25, 0.3) is 11.4 Å². The Bertz CT molecular complexity index is 581. The van der Waals surface area contributed by atoms with E-state index in [0.29, 0.717) is 24.5 Å². The molecule has 1 aliphatic rings. The third-order valence-electron chi connectivity index (χ3n) is 3.42. The molecule has 1 fully saturated rings. The number of tetrazole rings is 1. The van der Waals surface area contributed by atoms with E-state index in [4.69, 9.17) is 0 Å². The van der Waals surface area contributed by atoms with E-state index in [2.05, 4.69) is 20.6 Å². The number of aliphatic hydroxyl groups excluding tert-OH is 1. The minimum Gasteiger partial charge on any atom is -0.391 e. The van der Waals surface area contributed by atoms with Gasteiger partial charge in [-0.25, -0.2) is 0 Å². The fourth-order valence-electron chi connectivity index (χ4n) is 2.37. The van der Waals surface area contributed by atoms with Crippen molar-refractivity contribution in [2.75, 3.05) is 13.1 Å². The molecule has 3 rings (SSSR count). The Morgan fingerprint density at radius 1 is 1.35 bits per heavy atom. The smallest absolute Gasteiger partial charge is 0.253 e. The normalized spacial score (nSPS) is 19.1. The van der Waals surface area contributed by atoms with Crippen LogP contribution >= 0.6 is 0 Å². The second kappa shape index (κ2) is 5.38. The zero-order chi connectivity index (χ0) is 13.9. The van der Waals surface area contributed by atoms with Crippen molar-refractivity contribution < 1.29 is 9.90 Å². The van der Waals surface area contributed by atoms with Gasteiger partial charge in [-0.05, 0) is 30.2 Å². The molecule has 104 valence electrons. The lowest BCUT2D eigenvalue weighted by Gasteiger charge is -2.30. The number of hydrogen-bond donors (Lipinski definition) is 2. The van der Waals surface area contributed by atoms with Crippen LogP contribution in [0.1, 0.15) is 23.2 Å². The summed E-state index contributed by atoms with van der Waals surface area (Å²) >= 11 is 0. The fraction of sp³-hybridized carbons (Fsp3) is 0.385. The highest BCUT2D eigenvalue weighted by Gasteiger charge is 2.22. The number of carbonyl (C=O) groups excluding carboxylic acids is 1. The number of rotatable bonds is 2. The summed E-state index contributed by atoms with van der Waals surface area (Å²) in [6, 6.07) is 7.07. The van der Waals surface area contributed by atoms with Crippen molar-refractivity contribution in [1.82, 2.24) is 25.5 Å². The van der Waals surface area contributed by atoms with Crippen molar-refractivity contribution in [3.63, 3.8) is 0 Å². The zero-order valence-corrected chi connectivity index (χ0v) is 10.9. The summed E-state index contributed by atoms with van der Waals surface area (Å²) in [5.74, 6) is 0.445. The Balaban J connectivity index is 1.75. The van der Waals surface area contributed by atoms with Crippen LogP contribution in [0, 0.1) is 0 Å². The largest absolute Gasteiger partial charge is 0.391 e. The molecule has 2 aromatic rings. The maximum atomic E-state index is 12.3. The molecular formula is C13H15N5O2. The van der Waals surface area contributed by atoms with Crippen molar-refractivity contribution in [3.8, 4) is 11.4 Å². The number of H-pyrrole nitrogens is 1. The van der Waals surface area contributed by atoms with E-state index in [9.17, 15) is 9.90 Å². The summed E-state index contributed by atoms with van der Waals surface area (Å²) in [6.07, 6.45) is 1.19. The van der Waals surface area contributed by atoms with E-state index in [1.165, 1.54) is 0 Å². The Hall–Kier alpha value is -2.28.